The van der Waals surface area contributed by atoms with Gasteiger partial charge in [-0.05, 0) is 46.3 Å². The molecule has 1 rings (SSSR count). The van der Waals surface area contributed by atoms with Crippen LogP contribution in [-0.2, 0) is 4.79 Å². The van der Waals surface area contributed by atoms with Gasteiger partial charge in [0.1, 0.15) is 0 Å². The fraction of sp³-hybridized carbons (Fsp3) is 0.571. The second kappa shape index (κ2) is 6.72. The minimum absolute atomic E-state index is 0.0423. The number of hydrogen-bond donors (Lipinski definition) is 2. The number of amides is 1. The molecular weight excluding hydrogens is 342 g/mol. The highest BCUT2D eigenvalue weighted by atomic mass is 79.9. The van der Waals surface area contributed by atoms with Gasteiger partial charge in [0.25, 0.3) is 5.91 Å². The summed E-state index contributed by atoms with van der Waals surface area (Å²) in [6.07, 6.45) is 0.561. The van der Waals surface area contributed by atoms with Crippen molar-refractivity contribution in [2.24, 2.45) is 5.41 Å². The smallest absolute Gasteiger partial charge is 0.305 e. The molecule has 0 aliphatic carbocycles. The van der Waals surface area contributed by atoms with Crippen LogP contribution < -0.4 is 5.32 Å². The monoisotopic (exact) mass is 361 g/mol. The molecule has 1 unspecified atom stereocenters. The number of nitrogens with one attached hydrogen (secondary N) is 1. The first-order valence-electron chi connectivity index (χ1n) is 6.37. The van der Waals surface area contributed by atoms with Crippen LogP contribution in [0.3, 0.4) is 0 Å². The van der Waals surface area contributed by atoms with Crippen LogP contribution in [0.1, 0.15) is 48.8 Å². The molecule has 0 aliphatic heterocycles. The first-order valence-corrected chi connectivity index (χ1v) is 7.98. The van der Waals surface area contributed by atoms with Crippen LogP contribution in [0, 0.1) is 12.3 Å². The van der Waals surface area contributed by atoms with Gasteiger partial charge in [-0.3, -0.25) is 9.59 Å². The maximum absolute atomic E-state index is 12.2. The molecule has 0 fully saturated rings. The van der Waals surface area contributed by atoms with Crippen molar-refractivity contribution in [2.75, 3.05) is 0 Å². The third kappa shape index (κ3) is 5.63. The van der Waals surface area contributed by atoms with Crippen LogP contribution in [0.15, 0.2) is 9.85 Å². The number of aliphatic carboxylic acids is 1. The van der Waals surface area contributed by atoms with E-state index in [1.165, 1.54) is 11.3 Å². The van der Waals surface area contributed by atoms with Crippen molar-refractivity contribution in [3.63, 3.8) is 0 Å². The Balaban J connectivity index is 2.78. The molecule has 112 valence electrons. The standard InChI is InChI=1S/C14H20BrNO3S/c1-8-5-10(20-12(8)15)13(19)16-9(6-11(17)18)7-14(2,3)4/h5,9H,6-7H2,1-4H3,(H,16,19)(H,17,18). The van der Waals surface area contributed by atoms with Crippen molar-refractivity contribution >= 4 is 39.1 Å². The van der Waals surface area contributed by atoms with Crippen LogP contribution in [-0.4, -0.2) is 23.0 Å². The summed E-state index contributed by atoms with van der Waals surface area (Å²) in [7, 11) is 0. The molecule has 0 saturated carbocycles. The van der Waals surface area contributed by atoms with Gasteiger partial charge in [-0.2, -0.15) is 0 Å². The minimum atomic E-state index is -0.900. The van der Waals surface area contributed by atoms with Crippen molar-refractivity contribution in [2.45, 2.75) is 46.6 Å². The lowest BCUT2D eigenvalue weighted by molar-refractivity contribution is -0.137. The van der Waals surface area contributed by atoms with E-state index in [-0.39, 0.29) is 23.8 Å². The third-order valence-corrected chi connectivity index (χ3v) is 4.83. The highest BCUT2D eigenvalue weighted by Gasteiger charge is 2.24. The van der Waals surface area contributed by atoms with E-state index in [4.69, 9.17) is 5.11 Å². The maximum atomic E-state index is 12.2. The molecule has 6 heteroatoms. The predicted octanol–water partition coefficient (Wildman–Crippen LogP) is 3.83. The number of carbonyl (C=O) groups excluding carboxylic acids is 1. The number of rotatable bonds is 5. The SMILES string of the molecule is Cc1cc(C(=O)NC(CC(=O)O)CC(C)(C)C)sc1Br. The van der Waals surface area contributed by atoms with Crippen LogP contribution in [0.4, 0.5) is 0 Å². The maximum Gasteiger partial charge on any atom is 0.305 e. The second-order valence-corrected chi connectivity index (χ2v) is 8.47. The van der Waals surface area contributed by atoms with Gasteiger partial charge < -0.3 is 10.4 Å². The van der Waals surface area contributed by atoms with Crippen LogP contribution in [0.2, 0.25) is 0 Å². The lowest BCUT2D eigenvalue weighted by Gasteiger charge is -2.25. The van der Waals surface area contributed by atoms with Gasteiger partial charge in [0, 0.05) is 6.04 Å². The quantitative estimate of drug-likeness (QED) is 0.837. The molecule has 1 atom stereocenters. The van der Waals surface area contributed by atoms with Crippen LogP contribution >= 0.6 is 27.3 Å². The summed E-state index contributed by atoms with van der Waals surface area (Å²) in [4.78, 5) is 23.7. The second-order valence-electron chi connectivity index (χ2n) is 6.10. The van der Waals surface area contributed by atoms with Gasteiger partial charge in [0.05, 0.1) is 15.1 Å². The Kier molecular flexibility index (Phi) is 5.77. The average Bonchev–Trinajstić information content (AvgIpc) is 2.55. The van der Waals surface area contributed by atoms with E-state index in [1.54, 1.807) is 6.07 Å². The van der Waals surface area contributed by atoms with E-state index in [9.17, 15) is 9.59 Å². The Labute approximate surface area is 131 Å². The molecule has 0 radical (unpaired) electrons. The third-order valence-electron chi connectivity index (χ3n) is 2.70. The number of carboxylic acid groups (broad SMARTS) is 1. The molecule has 1 aromatic heterocycles. The minimum Gasteiger partial charge on any atom is -0.481 e. The summed E-state index contributed by atoms with van der Waals surface area (Å²) < 4.78 is 0.924. The van der Waals surface area contributed by atoms with Gasteiger partial charge in [-0.15, -0.1) is 11.3 Å². The van der Waals surface area contributed by atoms with Gasteiger partial charge >= 0.3 is 5.97 Å². The van der Waals surface area contributed by atoms with Crippen molar-refractivity contribution in [1.29, 1.82) is 0 Å². The van der Waals surface area contributed by atoms with Gasteiger partial charge in [-0.25, -0.2) is 0 Å². The van der Waals surface area contributed by atoms with Gasteiger partial charge in [0.2, 0.25) is 0 Å². The number of thiophene rings is 1. The zero-order valence-electron chi connectivity index (χ0n) is 12.1. The van der Waals surface area contributed by atoms with E-state index in [1.807, 2.05) is 27.7 Å². The molecule has 4 nitrogen and oxygen atoms in total. The average molecular weight is 362 g/mol. The molecule has 1 aromatic rings. The molecule has 0 saturated heterocycles. The lowest BCUT2D eigenvalue weighted by Crippen LogP contribution is -2.38. The normalized spacial score (nSPS) is 13.1. The zero-order chi connectivity index (χ0) is 15.5. The highest BCUT2D eigenvalue weighted by molar-refractivity contribution is 9.11. The molecule has 0 aliphatic rings. The predicted molar refractivity (Wildman–Crippen MR) is 84.3 cm³/mol. The highest BCUT2D eigenvalue weighted by Crippen LogP contribution is 2.28. The van der Waals surface area contributed by atoms with E-state index in [2.05, 4.69) is 21.2 Å². The summed E-state index contributed by atoms with van der Waals surface area (Å²) in [5, 5.41) is 11.8. The van der Waals surface area contributed by atoms with E-state index in [0.717, 1.165) is 9.35 Å². The number of aryl methyl sites for hydroxylation is 1. The Bertz CT molecular complexity index is 486. The van der Waals surface area contributed by atoms with Crippen molar-refractivity contribution in [3.05, 3.63) is 20.3 Å². The number of carbonyl (C=O) groups is 2. The largest absolute Gasteiger partial charge is 0.481 e. The zero-order valence-corrected chi connectivity index (χ0v) is 14.5. The lowest BCUT2D eigenvalue weighted by atomic mass is 9.87. The van der Waals surface area contributed by atoms with E-state index in [0.29, 0.717) is 11.3 Å². The van der Waals surface area contributed by atoms with Gasteiger partial charge in [0.15, 0.2) is 0 Å². The Morgan fingerprint density at radius 2 is 2.05 bits per heavy atom. The number of hydrogen-bond acceptors (Lipinski definition) is 3. The summed E-state index contributed by atoms with van der Waals surface area (Å²) in [5.41, 5.74) is 0.963. The molecule has 20 heavy (non-hydrogen) atoms. The van der Waals surface area contributed by atoms with Crippen molar-refractivity contribution in [3.8, 4) is 0 Å². The molecular formula is C14H20BrNO3S. The van der Waals surface area contributed by atoms with Crippen LogP contribution in [0.5, 0.6) is 0 Å². The molecule has 0 aromatic carbocycles. The number of carboxylic acids is 1. The first kappa shape index (κ1) is 17.2. The van der Waals surface area contributed by atoms with E-state index < -0.39 is 5.97 Å². The van der Waals surface area contributed by atoms with Crippen molar-refractivity contribution in [1.82, 2.24) is 5.32 Å². The van der Waals surface area contributed by atoms with Crippen molar-refractivity contribution < 1.29 is 14.7 Å². The van der Waals surface area contributed by atoms with E-state index >= 15 is 0 Å². The Hall–Kier alpha value is -0.880. The fourth-order valence-electron chi connectivity index (χ4n) is 1.95. The molecule has 0 spiro atoms. The molecule has 2 N–H and O–H groups in total. The first-order chi connectivity index (χ1) is 9.08. The summed E-state index contributed by atoms with van der Waals surface area (Å²) in [6.45, 7) is 8.00. The van der Waals surface area contributed by atoms with Crippen LogP contribution in [0.25, 0.3) is 0 Å². The molecule has 1 amide bonds. The summed E-state index contributed by atoms with van der Waals surface area (Å²) >= 11 is 4.74. The Morgan fingerprint density at radius 1 is 1.45 bits per heavy atom. The number of halogens is 1. The molecule has 0 bridgehead atoms. The summed E-state index contributed by atoms with van der Waals surface area (Å²) in [5.74, 6) is -1.11. The summed E-state index contributed by atoms with van der Waals surface area (Å²) in [6, 6.07) is 1.44. The molecule has 1 heterocycles. The van der Waals surface area contributed by atoms with Gasteiger partial charge in [-0.1, -0.05) is 20.8 Å². The fourth-order valence-corrected chi connectivity index (χ4v) is 3.39. The Morgan fingerprint density at radius 3 is 2.45 bits per heavy atom. The topological polar surface area (TPSA) is 66.4 Å².